The molecule has 0 saturated heterocycles. The van der Waals surface area contributed by atoms with Crippen LogP contribution in [-0.4, -0.2) is 15.0 Å². The predicted octanol–water partition coefficient (Wildman–Crippen LogP) is 3.01. The Morgan fingerprint density at radius 1 is 1.00 bits per heavy atom. The molecule has 2 aromatic heterocycles. The number of hydrogen-bond donors (Lipinski definition) is 1. The van der Waals surface area contributed by atoms with E-state index in [1.807, 2.05) is 24.3 Å². The van der Waals surface area contributed by atoms with Gasteiger partial charge in [0.1, 0.15) is 5.82 Å². The molecule has 4 heteroatoms. The van der Waals surface area contributed by atoms with E-state index in [0.717, 1.165) is 22.6 Å². The standard InChI is InChI=1S/C15H10N4/c16-8-11-3-5-12(6-4-11)14-10-18-15(19-14)13-2-1-7-17-9-13/h1-7,9-10H,(H,18,19). The van der Waals surface area contributed by atoms with Gasteiger partial charge in [0.2, 0.25) is 0 Å². The van der Waals surface area contributed by atoms with Gasteiger partial charge < -0.3 is 4.98 Å². The van der Waals surface area contributed by atoms with Crippen molar-refractivity contribution in [3.8, 4) is 28.7 Å². The Labute approximate surface area is 110 Å². The number of nitriles is 1. The highest BCUT2D eigenvalue weighted by Gasteiger charge is 2.05. The molecule has 0 atom stereocenters. The maximum Gasteiger partial charge on any atom is 0.139 e. The fraction of sp³-hybridized carbons (Fsp3) is 0. The van der Waals surface area contributed by atoms with Gasteiger partial charge in [-0.2, -0.15) is 5.26 Å². The first-order valence-corrected chi connectivity index (χ1v) is 5.83. The zero-order chi connectivity index (χ0) is 13.1. The molecule has 1 aromatic carbocycles. The lowest BCUT2D eigenvalue weighted by Crippen LogP contribution is -1.82. The average molecular weight is 246 g/mol. The molecule has 0 fully saturated rings. The van der Waals surface area contributed by atoms with Gasteiger partial charge in [0, 0.05) is 18.0 Å². The summed E-state index contributed by atoms with van der Waals surface area (Å²) in [6.07, 6.45) is 5.28. The predicted molar refractivity (Wildman–Crippen MR) is 72.0 cm³/mol. The van der Waals surface area contributed by atoms with Crippen LogP contribution in [0.5, 0.6) is 0 Å². The van der Waals surface area contributed by atoms with Crippen molar-refractivity contribution in [2.24, 2.45) is 0 Å². The molecule has 90 valence electrons. The molecule has 4 nitrogen and oxygen atoms in total. The summed E-state index contributed by atoms with van der Waals surface area (Å²) in [6.45, 7) is 0. The highest BCUT2D eigenvalue weighted by atomic mass is 14.9. The first kappa shape index (κ1) is 11.2. The number of hydrogen-bond acceptors (Lipinski definition) is 3. The third-order valence-corrected chi connectivity index (χ3v) is 2.84. The largest absolute Gasteiger partial charge is 0.338 e. The summed E-state index contributed by atoms with van der Waals surface area (Å²) in [7, 11) is 0. The van der Waals surface area contributed by atoms with Crippen molar-refractivity contribution in [3.63, 3.8) is 0 Å². The number of H-pyrrole nitrogens is 1. The van der Waals surface area contributed by atoms with Gasteiger partial charge in [0.15, 0.2) is 0 Å². The Morgan fingerprint density at radius 3 is 2.53 bits per heavy atom. The lowest BCUT2D eigenvalue weighted by Gasteiger charge is -1.97. The van der Waals surface area contributed by atoms with E-state index in [1.165, 1.54) is 0 Å². The number of benzene rings is 1. The number of aromatic amines is 1. The molecule has 0 spiro atoms. The van der Waals surface area contributed by atoms with Crippen LogP contribution in [0.3, 0.4) is 0 Å². The molecule has 3 rings (SSSR count). The summed E-state index contributed by atoms with van der Waals surface area (Å²) in [6, 6.07) is 13.3. The number of nitrogens with one attached hydrogen (secondary N) is 1. The van der Waals surface area contributed by atoms with Gasteiger partial charge in [0.05, 0.1) is 23.5 Å². The van der Waals surface area contributed by atoms with E-state index in [-0.39, 0.29) is 0 Å². The Balaban J connectivity index is 1.95. The van der Waals surface area contributed by atoms with E-state index in [0.29, 0.717) is 5.56 Å². The minimum Gasteiger partial charge on any atom is -0.338 e. The van der Waals surface area contributed by atoms with Crippen molar-refractivity contribution in [2.75, 3.05) is 0 Å². The van der Waals surface area contributed by atoms with Crippen LogP contribution in [0.25, 0.3) is 22.6 Å². The Bertz CT molecular complexity index is 721. The normalized spacial score (nSPS) is 10.1. The van der Waals surface area contributed by atoms with Crippen LogP contribution in [0, 0.1) is 11.3 Å². The molecule has 0 unspecified atom stereocenters. The molecule has 0 saturated carbocycles. The molecule has 3 aromatic rings. The van der Waals surface area contributed by atoms with Gasteiger partial charge in [-0.15, -0.1) is 0 Å². The monoisotopic (exact) mass is 246 g/mol. The molecule has 0 radical (unpaired) electrons. The molecule has 2 heterocycles. The minimum absolute atomic E-state index is 0.649. The van der Waals surface area contributed by atoms with E-state index < -0.39 is 0 Å². The maximum atomic E-state index is 8.77. The van der Waals surface area contributed by atoms with Gasteiger partial charge in [-0.1, -0.05) is 12.1 Å². The molecule has 0 bridgehead atoms. The first-order valence-electron chi connectivity index (χ1n) is 5.83. The van der Waals surface area contributed by atoms with E-state index >= 15 is 0 Å². The van der Waals surface area contributed by atoms with Crippen molar-refractivity contribution in [1.82, 2.24) is 15.0 Å². The minimum atomic E-state index is 0.649. The fourth-order valence-corrected chi connectivity index (χ4v) is 1.84. The zero-order valence-corrected chi connectivity index (χ0v) is 10.0. The smallest absolute Gasteiger partial charge is 0.139 e. The van der Waals surface area contributed by atoms with Crippen LogP contribution >= 0.6 is 0 Å². The van der Waals surface area contributed by atoms with Gasteiger partial charge in [-0.25, -0.2) is 4.98 Å². The summed E-state index contributed by atoms with van der Waals surface area (Å²) in [4.78, 5) is 11.7. The Kier molecular flexibility index (Phi) is 2.79. The van der Waals surface area contributed by atoms with Crippen molar-refractivity contribution in [2.45, 2.75) is 0 Å². The number of pyridine rings is 1. The zero-order valence-electron chi connectivity index (χ0n) is 10.0. The maximum absolute atomic E-state index is 8.77. The average Bonchev–Trinajstić information content (AvgIpc) is 2.98. The highest BCUT2D eigenvalue weighted by molar-refractivity contribution is 5.64. The number of aromatic nitrogens is 3. The summed E-state index contributed by atoms with van der Waals surface area (Å²) in [5.74, 6) is 0.785. The first-order chi connectivity index (χ1) is 9.36. The van der Waals surface area contributed by atoms with Gasteiger partial charge >= 0.3 is 0 Å². The van der Waals surface area contributed by atoms with Gasteiger partial charge in [0.25, 0.3) is 0 Å². The molecular weight excluding hydrogens is 236 g/mol. The highest BCUT2D eigenvalue weighted by Crippen LogP contribution is 2.21. The van der Waals surface area contributed by atoms with Crippen molar-refractivity contribution >= 4 is 0 Å². The van der Waals surface area contributed by atoms with Crippen LogP contribution in [-0.2, 0) is 0 Å². The molecule has 0 aliphatic rings. The summed E-state index contributed by atoms with van der Waals surface area (Å²) in [5.41, 5.74) is 3.52. The second kappa shape index (κ2) is 4.75. The molecule has 0 amide bonds. The molecule has 0 aliphatic carbocycles. The van der Waals surface area contributed by atoms with E-state index in [1.54, 1.807) is 30.7 Å². The van der Waals surface area contributed by atoms with E-state index in [9.17, 15) is 0 Å². The van der Waals surface area contributed by atoms with Crippen LogP contribution < -0.4 is 0 Å². The molecular formula is C15H10N4. The van der Waals surface area contributed by atoms with Crippen LogP contribution in [0.4, 0.5) is 0 Å². The van der Waals surface area contributed by atoms with Crippen molar-refractivity contribution in [1.29, 1.82) is 5.26 Å². The second-order valence-electron chi connectivity index (χ2n) is 4.08. The molecule has 0 aliphatic heterocycles. The van der Waals surface area contributed by atoms with Crippen LogP contribution in [0.1, 0.15) is 5.56 Å². The lowest BCUT2D eigenvalue weighted by molar-refractivity contribution is 1.26. The van der Waals surface area contributed by atoms with E-state index in [4.69, 9.17) is 5.26 Å². The van der Waals surface area contributed by atoms with E-state index in [2.05, 4.69) is 21.0 Å². The van der Waals surface area contributed by atoms with Gasteiger partial charge in [-0.3, -0.25) is 4.98 Å². The fourth-order valence-electron chi connectivity index (χ4n) is 1.84. The number of imidazole rings is 1. The number of rotatable bonds is 2. The summed E-state index contributed by atoms with van der Waals surface area (Å²) < 4.78 is 0. The molecule has 19 heavy (non-hydrogen) atoms. The number of nitrogens with zero attached hydrogens (tertiary/aromatic N) is 3. The van der Waals surface area contributed by atoms with Crippen molar-refractivity contribution < 1.29 is 0 Å². The topological polar surface area (TPSA) is 65.4 Å². The van der Waals surface area contributed by atoms with Crippen LogP contribution in [0.2, 0.25) is 0 Å². The quantitative estimate of drug-likeness (QED) is 0.755. The second-order valence-corrected chi connectivity index (χ2v) is 4.08. The Hall–Kier alpha value is -2.93. The van der Waals surface area contributed by atoms with Gasteiger partial charge in [-0.05, 0) is 29.8 Å². The Morgan fingerprint density at radius 2 is 1.84 bits per heavy atom. The third-order valence-electron chi connectivity index (χ3n) is 2.84. The SMILES string of the molecule is N#Cc1ccc(-c2cnc(-c3cccnc3)[nH]2)cc1. The van der Waals surface area contributed by atoms with Crippen LogP contribution in [0.15, 0.2) is 55.0 Å². The third kappa shape index (κ3) is 2.22. The summed E-state index contributed by atoms with van der Waals surface area (Å²) >= 11 is 0. The lowest BCUT2D eigenvalue weighted by atomic mass is 10.1. The van der Waals surface area contributed by atoms with Crippen molar-refractivity contribution in [3.05, 3.63) is 60.6 Å². The molecule has 1 N–H and O–H groups in total. The summed E-state index contributed by atoms with van der Waals surface area (Å²) in [5, 5.41) is 8.77.